The molecule has 0 unspecified atom stereocenters. The minimum Gasteiger partial charge on any atom is -0.315 e. The van der Waals surface area contributed by atoms with Gasteiger partial charge in [0.2, 0.25) is 0 Å². The van der Waals surface area contributed by atoms with E-state index < -0.39 is 0 Å². The van der Waals surface area contributed by atoms with E-state index >= 15 is 0 Å². The average Bonchev–Trinajstić information content (AvgIpc) is 2.37. The number of aryl methyl sites for hydroxylation is 2. The molecule has 0 aliphatic carbocycles. The molecule has 3 heteroatoms. The van der Waals surface area contributed by atoms with E-state index in [2.05, 4.69) is 37.4 Å². The SMILES string of the molecule is CNCc1ccc(-c2ccc(C)cc2C)n(C)c1=O. The van der Waals surface area contributed by atoms with Crippen molar-refractivity contribution in [2.45, 2.75) is 20.4 Å². The van der Waals surface area contributed by atoms with Gasteiger partial charge in [0, 0.05) is 24.7 Å². The number of aromatic nitrogens is 1. The van der Waals surface area contributed by atoms with Crippen LogP contribution < -0.4 is 10.9 Å². The van der Waals surface area contributed by atoms with Gasteiger partial charge in [-0.2, -0.15) is 0 Å². The van der Waals surface area contributed by atoms with Gasteiger partial charge in [-0.15, -0.1) is 0 Å². The molecule has 0 saturated heterocycles. The fourth-order valence-corrected chi connectivity index (χ4v) is 2.38. The van der Waals surface area contributed by atoms with Crippen molar-refractivity contribution >= 4 is 0 Å². The molecule has 1 N–H and O–H groups in total. The van der Waals surface area contributed by atoms with Crippen LogP contribution in [0.1, 0.15) is 16.7 Å². The molecule has 0 aliphatic heterocycles. The second-order valence-corrected chi connectivity index (χ2v) is 4.96. The lowest BCUT2D eigenvalue weighted by atomic mass is 10.0. The van der Waals surface area contributed by atoms with Gasteiger partial charge >= 0.3 is 0 Å². The molecule has 0 aliphatic rings. The summed E-state index contributed by atoms with van der Waals surface area (Å²) in [7, 11) is 3.67. The zero-order chi connectivity index (χ0) is 14.0. The summed E-state index contributed by atoms with van der Waals surface area (Å²) in [4.78, 5) is 12.3. The molecule has 0 fully saturated rings. The monoisotopic (exact) mass is 256 g/mol. The smallest absolute Gasteiger partial charge is 0.255 e. The summed E-state index contributed by atoms with van der Waals surface area (Å²) >= 11 is 0. The van der Waals surface area contributed by atoms with Gasteiger partial charge in [0.05, 0.1) is 5.69 Å². The van der Waals surface area contributed by atoms with Crippen LogP contribution in [-0.2, 0) is 13.6 Å². The topological polar surface area (TPSA) is 34.0 Å². The van der Waals surface area contributed by atoms with Crippen LogP contribution in [0.2, 0.25) is 0 Å². The van der Waals surface area contributed by atoms with Gasteiger partial charge < -0.3 is 9.88 Å². The summed E-state index contributed by atoms with van der Waals surface area (Å²) in [6.07, 6.45) is 0. The quantitative estimate of drug-likeness (QED) is 0.915. The molecule has 0 saturated carbocycles. The molecule has 2 rings (SSSR count). The van der Waals surface area contributed by atoms with Crippen molar-refractivity contribution in [1.29, 1.82) is 0 Å². The second kappa shape index (κ2) is 5.41. The van der Waals surface area contributed by atoms with Crippen LogP contribution >= 0.6 is 0 Å². The molecule has 0 spiro atoms. The van der Waals surface area contributed by atoms with Crippen LogP contribution in [0.4, 0.5) is 0 Å². The summed E-state index contributed by atoms with van der Waals surface area (Å²) in [5.74, 6) is 0. The number of hydrogen-bond acceptors (Lipinski definition) is 2. The van der Waals surface area contributed by atoms with Crippen molar-refractivity contribution in [3.8, 4) is 11.3 Å². The Morgan fingerprint density at radius 3 is 2.53 bits per heavy atom. The van der Waals surface area contributed by atoms with Crippen LogP contribution in [0.5, 0.6) is 0 Å². The number of nitrogens with one attached hydrogen (secondary N) is 1. The van der Waals surface area contributed by atoms with Crippen LogP contribution in [0.15, 0.2) is 35.1 Å². The molecule has 3 nitrogen and oxygen atoms in total. The molecule has 0 bridgehead atoms. The van der Waals surface area contributed by atoms with Gasteiger partial charge in [0.15, 0.2) is 0 Å². The number of benzene rings is 1. The van der Waals surface area contributed by atoms with Crippen LogP contribution in [0.3, 0.4) is 0 Å². The van der Waals surface area contributed by atoms with E-state index in [0.29, 0.717) is 6.54 Å². The summed E-state index contributed by atoms with van der Waals surface area (Å²) in [5, 5.41) is 3.02. The second-order valence-electron chi connectivity index (χ2n) is 4.96. The Bertz CT molecular complexity index is 656. The van der Waals surface area contributed by atoms with Crippen molar-refractivity contribution in [3.05, 3.63) is 57.4 Å². The largest absolute Gasteiger partial charge is 0.315 e. The number of hydrogen-bond donors (Lipinski definition) is 1. The first kappa shape index (κ1) is 13.6. The molecule has 0 amide bonds. The highest BCUT2D eigenvalue weighted by Crippen LogP contribution is 2.22. The van der Waals surface area contributed by atoms with Gasteiger partial charge in [-0.3, -0.25) is 4.79 Å². The zero-order valence-corrected chi connectivity index (χ0v) is 11.9. The molecule has 1 aromatic heterocycles. The Balaban J connectivity index is 2.58. The molecule has 1 heterocycles. The highest BCUT2D eigenvalue weighted by Gasteiger charge is 2.09. The van der Waals surface area contributed by atoms with Gasteiger partial charge in [-0.1, -0.05) is 29.8 Å². The Morgan fingerprint density at radius 1 is 1.16 bits per heavy atom. The predicted octanol–water partition coefficient (Wildman–Crippen LogP) is 2.39. The Labute approximate surface area is 113 Å². The van der Waals surface area contributed by atoms with Gasteiger partial charge in [-0.25, -0.2) is 0 Å². The summed E-state index contributed by atoms with van der Waals surface area (Å²) < 4.78 is 1.73. The maximum absolute atomic E-state index is 12.3. The van der Waals surface area contributed by atoms with E-state index in [4.69, 9.17) is 0 Å². The molecule has 0 radical (unpaired) electrons. The van der Waals surface area contributed by atoms with Gasteiger partial charge in [-0.05, 0) is 32.5 Å². The normalized spacial score (nSPS) is 10.7. The lowest BCUT2D eigenvalue weighted by molar-refractivity contribution is 0.771. The maximum Gasteiger partial charge on any atom is 0.255 e. The Morgan fingerprint density at radius 2 is 1.89 bits per heavy atom. The van der Waals surface area contributed by atoms with Gasteiger partial charge in [0.1, 0.15) is 0 Å². The van der Waals surface area contributed by atoms with E-state index in [1.165, 1.54) is 11.1 Å². The van der Waals surface area contributed by atoms with Crippen LogP contribution in [-0.4, -0.2) is 11.6 Å². The summed E-state index contributed by atoms with van der Waals surface area (Å²) in [6, 6.07) is 10.2. The number of rotatable bonds is 3. The minimum atomic E-state index is 0.0619. The van der Waals surface area contributed by atoms with E-state index in [9.17, 15) is 4.79 Å². The van der Waals surface area contributed by atoms with E-state index in [0.717, 1.165) is 16.8 Å². The van der Waals surface area contributed by atoms with Crippen molar-refractivity contribution in [3.63, 3.8) is 0 Å². The molecular weight excluding hydrogens is 236 g/mol. The number of nitrogens with zero attached hydrogens (tertiary/aromatic N) is 1. The fraction of sp³-hybridized carbons (Fsp3) is 0.312. The van der Waals surface area contributed by atoms with Crippen molar-refractivity contribution in [2.24, 2.45) is 7.05 Å². The first-order valence-corrected chi connectivity index (χ1v) is 6.45. The Hall–Kier alpha value is -1.87. The molecular formula is C16H20N2O. The van der Waals surface area contributed by atoms with Crippen molar-refractivity contribution < 1.29 is 0 Å². The summed E-state index contributed by atoms with van der Waals surface area (Å²) in [6.45, 7) is 4.75. The Kier molecular flexibility index (Phi) is 3.86. The number of pyridine rings is 1. The fourth-order valence-electron chi connectivity index (χ4n) is 2.38. The van der Waals surface area contributed by atoms with Crippen LogP contribution in [0, 0.1) is 13.8 Å². The molecule has 19 heavy (non-hydrogen) atoms. The van der Waals surface area contributed by atoms with Crippen LogP contribution in [0.25, 0.3) is 11.3 Å². The lowest BCUT2D eigenvalue weighted by Crippen LogP contribution is -2.25. The van der Waals surface area contributed by atoms with E-state index in [1.54, 1.807) is 4.57 Å². The third-order valence-electron chi connectivity index (χ3n) is 3.41. The molecule has 2 aromatic rings. The summed E-state index contributed by atoms with van der Waals surface area (Å²) in [5.41, 5.74) is 5.35. The standard InChI is InChI=1S/C16H20N2O/c1-11-5-7-14(12(2)9-11)15-8-6-13(10-17-3)16(19)18(15)4/h5-9,17H,10H2,1-4H3. The van der Waals surface area contributed by atoms with Crippen molar-refractivity contribution in [2.75, 3.05) is 7.05 Å². The minimum absolute atomic E-state index is 0.0619. The first-order chi connectivity index (χ1) is 9.04. The third kappa shape index (κ3) is 2.61. The molecule has 1 aromatic carbocycles. The highest BCUT2D eigenvalue weighted by atomic mass is 16.1. The third-order valence-corrected chi connectivity index (χ3v) is 3.41. The van der Waals surface area contributed by atoms with E-state index in [-0.39, 0.29) is 5.56 Å². The molecule has 100 valence electrons. The van der Waals surface area contributed by atoms with E-state index in [1.807, 2.05) is 26.2 Å². The average molecular weight is 256 g/mol. The lowest BCUT2D eigenvalue weighted by Gasteiger charge is -2.13. The predicted molar refractivity (Wildman–Crippen MR) is 79.4 cm³/mol. The zero-order valence-electron chi connectivity index (χ0n) is 11.9. The van der Waals surface area contributed by atoms with Gasteiger partial charge in [0.25, 0.3) is 5.56 Å². The maximum atomic E-state index is 12.3. The highest BCUT2D eigenvalue weighted by molar-refractivity contribution is 5.64. The first-order valence-electron chi connectivity index (χ1n) is 6.45. The van der Waals surface area contributed by atoms with Crippen molar-refractivity contribution in [1.82, 2.24) is 9.88 Å². The molecule has 0 atom stereocenters.